The van der Waals surface area contributed by atoms with E-state index < -0.39 is 12.1 Å². The Kier molecular flexibility index (Phi) is 7.48. The van der Waals surface area contributed by atoms with Crippen LogP contribution < -0.4 is 5.32 Å². The first-order valence-electron chi connectivity index (χ1n) is 9.44. The van der Waals surface area contributed by atoms with Crippen LogP contribution >= 0.6 is 0 Å². The quantitative estimate of drug-likeness (QED) is 0.741. The van der Waals surface area contributed by atoms with Gasteiger partial charge in [-0.2, -0.15) is 0 Å². The molecular weight excluding hydrogens is 314 g/mol. The first kappa shape index (κ1) is 19.5. The van der Waals surface area contributed by atoms with Crippen molar-refractivity contribution in [2.45, 2.75) is 65.5 Å². The average Bonchev–Trinajstić information content (AvgIpc) is 2.98. The van der Waals surface area contributed by atoms with Crippen molar-refractivity contribution in [2.24, 2.45) is 17.8 Å². The molecule has 1 N–H and O–H groups in total. The van der Waals surface area contributed by atoms with E-state index in [-0.39, 0.29) is 12.4 Å². The second-order valence-electron chi connectivity index (χ2n) is 7.84. The fourth-order valence-electron chi connectivity index (χ4n) is 3.59. The van der Waals surface area contributed by atoms with Crippen LogP contribution in [0.3, 0.4) is 0 Å². The van der Waals surface area contributed by atoms with E-state index >= 15 is 0 Å². The van der Waals surface area contributed by atoms with Crippen LogP contribution in [-0.4, -0.2) is 17.9 Å². The molecule has 0 saturated heterocycles. The lowest BCUT2D eigenvalue weighted by Gasteiger charge is -2.21. The molecule has 2 rings (SSSR count). The van der Waals surface area contributed by atoms with Crippen LogP contribution in [0.2, 0.25) is 0 Å². The summed E-state index contributed by atoms with van der Waals surface area (Å²) in [6.45, 7) is 6.59. The first-order chi connectivity index (χ1) is 11.9. The lowest BCUT2D eigenvalue weighted by atomic mass is 9.92. The monoisotopic (exact) mass is 345 g/mol. The lowest BCUT2D eigenvalue weighted by molar-refractivity contribution is -0.122. The van der Waals surface area contributed by atoms with Gasteiger partial charge in [0.25, 0.3) is 0 Å². The molecule has 1 saturated carbocycles. The minimum absolute atomic E-state index is 0.143. The smallest absolute Gasteiger partial charge is 0.408 e. The molecule has 1 fully saturated rings. The SMILES string of the molecule is CC(C)C[C@H](NC(=O)OCc1ccccc1)C(=O)CC1CCC(C)C1. The van der Waals surface area contributed by atoms with Crippen molar-refractivity contribution in [1.29, 1.82) is 0 Å². The number of ether oxygens (including phenoxy) is 1. The van der Waals surface area contributed by atoms with Crippen molar-refractivity contribution >= 4 is 11.9 Å². The molecule has 0 spiro atoms. The average molecular weight is 345 g/mol. The highest BCUT2D eigenvalue weighted by Gasteiger charge is 2.28. The van der Waals surface area contributed by atoms with Crippen LogP contribution in [0.25, 0.3) is 0 Å². The Balaban J connectivity index is 1.85. The van der Waals surface area contributed by atoms with E-state index in [0.29, 0.717) is 30.6 Å². The predicted molar refractivity (Wildman–Crippen MR) is 99.1 cm³/mol. The summed E-state index contributed by atoms with van der Waals surface area (Å²) in [5, 5.41) is 2.79. The molecule has 0 aliphatic heterocycles. The molecule has 0 bridgehead atoms. The molecule has 0 radical (unpaired) electrons. The summed E-state index contributed by atoms with van der Waals surface area (Å²) in [5.74, 6) is 1.67. The van der Waals surface area contributed by atoms with E-state index in [4.69, 9.17) is 4.74 Å². The molecule has 1 aliphatic carbocycles. The van der Waals surface area contributed by atoms with E-state index in [2.05, 4.69) is 26.1 Å². The highest BCUT2D eigenvalue weighted by molar-refractivity contribution is 5.87. The summed E-state index contributed by atoms with van der Waals surface area (Å²) in [4.78, 5) is 24.8. The first-order valence-corrected chi connectivity index (χ1v) is 9.44. The van der Waals surface area contributed by atoms with Crippen molar-refractivity contribution < 1.29 is 14.3 Å². The molecule has 25 heavy (non-hydrogen) atoms. The molecule has 1 amide bonds. The van der Waals surface area contributed by atoms with Gasteiger partial charge in [-0.1, -0.05) is 57.5 Å². The molecule has 0 heterocycles. The molecule has 3 atom stereocenters. The Bertz CT molecular complexity index is 556. The number of ketones is 1. The number of Topliss-reactive ketones (excluding diaryl/α,β-unsaturated/α-hetero) is 1. The van der Waals surface area contributed by atoms with Gasteiger partial charge in [0.15, 0.2) is 5.78 Å². The molecular formula is C21H31NO3. The number of hydrogen-bond donors (Lipinski definition) is 1. The van der Waals surface area contributed by atoms with Crippen LogP contribution in [0.1, 0.15) is 58.4 Å². The van der Waals surface area contributed by atoms with Crippen LogP contribution in [0.5, 0.6) is 0 Å². The third-order valence-corrected chi connectivity index (χ3v) is 4.89. The number of hydrogen-bond acceptors (Lipinski definition) is 3. The van der Waals surface area contributed by atoms with Gasteiger partial charge in [0.05, 0.1) is 6.04 Å². The zero-order chi connectivity index (χ0) is 18.2. The summed E-state index contributed by atoms with van der Waals surface area (Å²) in [6.07, 6.45) is 4.17. The van der Waals surface area contributed by atoms with Gasteiger partial charge in [-0.15, -0.1) is 0 Å². The molecule has 1 aliphatic rings. The second kappa shape index (κ2) is 9.59. The number of alkyl carbamates (subject to hydrolysis) is 1. The number of nitrogens with one attached hydrogen (secondary N) is 1. The number of carbonyl (C=O) groups excluding carboxylic acids is 2. The molecule has 1 aromatic carbocycles. The number of amides is 1. The van der Waals surface area contributed by atoms with Crippen molar-refractivity contribution in [3.63, 3.8) is 0 Å². The maximum absolute atomic E-state index is 12.7. The Morgan fingerprint density at radius 3 is 2.52 bits per heavy atom. The van der Waals surface area contributed by atoms with Crippen LogP contribution in [0, 0.1) is 17.8 Å². The maximum atomic E-state index is 12.7. The number of rotatable bonds is 8. The van der Waals surface area contributed by atoms with Gasteiger partial charge < -0.3 is 10.1 Å². The Morgan fingerprint density at radius 2 is 1.92 bits per heavy atom. The van der Waals surface area contributed by atoms with E-state index in [9.17, 15) is 9.59 Å². The lowest BCUT2D eigenvalue weighted by Crippen LogP contribution is -2.42. The van der Waals surface area contributed by atoms with Gasteiger partial charge in [-0.25, -0.2) is 4.79 Å². The zero-order valence-electron chi connectivity index (χ0n) is 15.7. The summed E-state index contributed by atoms with van der Waals surface area (Å²) in [7, 11) is 0. The van der Waals surface area contributed by atoms with Gasteiger partial charge in [-0.3, -0.25) is 4.79 Å². The zero-order valence-corrected chi connectivity index (χ0v) is 15.7. The maximum Gasteiger partial charge on any atom is 0.408 e. The summed E-state index contributed by atoms with van der Waals surface area (Å²) >= 11 is 0. The van der Waals surface area contributed by atoms with Crippen LogP contribution in [0.15, 0.2) is 30.3 Å². The fraction of sp³-hybridized carbons (Fsp3) is 0.619. The van der Waals surface area contributed by atoms with Gasteiger partial charge in [-0.05, 0) is 42.6 Å². The van der Waals surface area contributed by atoms with Crippen LogP contribution in [-0.2, 0) is 16.1 Å². The molecule has 4 heteroatoms. The fourth-order valence-corrected chi connectivity index (χ4v) is 3.59. The van der Waals surface area contributed by atoms with E-state index in [1.165, 1.54) is 6.42 Å². The van der Waals surface area contributed by atoms with E-state index in [1.54, 1.807) is 0 Å². The summed E-state index contributed by atoms with van der Waals surface area (Å²) in [5.41, 5.74) is 0.935. The van der Waals surface area contributed by atoms with Crippen molar-refractivity contribution in [1.82, 2.24) is 5.32 Å². The third kappa shape index (κ3) is 6.89. The minimum Gasteiger partial charge on any atom is -0.445 e. The Hall–Kier alpha value is -1.84. The van der Waals surface area contributed by atoms with Crippen molar-refractivity contribution in [2.75, 3.05) is 0 Å². The third-order valence-electron chi connectivity index (χ3n) is 4.89. The molecule has 1 aromatic rings. The predicted octanol–water partition coefficient (Wildman–Crippen LogP) is 4.72. The topological polar surface area (TPSA) is 55.4 Å². The highest BCUT2D eigenvalue weighted by Crippen LogP contribution is 2.33. The Morgan fingerprint density at radius 1 is 1.20 bits per heavy atom. The van der Waals surface area contributed by atoms with E-state index in [1.807, 2.05) is 30.3 Å². The number of carbonyl (C=O) groups is 2. The van der Waals surface area contributed by atoms with Gasteiger partial charge in [0.2, 0.25) is 0 Å². The van der Waals surface area contributed by atoms with Gasteiger partial charge >= 0.3 is 6.09 Å². The molecule has 0 aromatic heterocycles. The van der Waals surface area contributed by atoms with Crippen molar-refractivity contribution in [3.05, 3.63) is 35.9 Å². The van der Waals surface area contributed by atoms with Gasteiger partial charge in [0.1, 0.15) is 6.61 Å². The second-order valence-corrected chi connectivity index (χ2v) is 7.84. The normalized spacial score (nSPS) is 21.1. The summed E-state index contributed by atoms with van der Waals surface area (Å²) < 4.78 is 5.28. The molecule has 4 nitrogen and oxygen atoms in total. The Labute approximate surface area is 151 Å². The summed E-state index contributed by atoms with van der Waals surface area (Å²) in [6, 6.07) is 9.11. The van der Waals surface area contributed by atoms with Gasteiger partial charge in [0, 0.05) is 6.42 Å². The number of benzene rings is 1. The standard InChI is InChI=1S/C21H31NO3/c1-15(2)11-19(20(23)13-18-10-9-16(3)12-18)22-21(24)25-14-17-7-5-4-6-8-17/h4-8,15-16,18-19H,9-14H2,1-3H3,(H,22,24)/t16?,18?,19-/m0/s1. The molecule has 138 valence electrons. The van der Waals surface area contributed by atoms with Crippen molar-refractivity contribution in [3.8, 4) is 0 Å². The van der Waals surface area contributed by atoms with E-state index in [0.717, 1.165) is 18.4 Å². The minimum atomic E-state index is -0.511. The highest BCUT2D eigenvalue weighted by atomic mass is 16.5. The van der Waals surface area contributed by atoms with Crippen LogP contribution in [0.4, 0.5) is 4.79 Å². The molecule has 2 unspecified atom stereocenters. The largest absolute Gasteiger partial charge is 0.445 e.